The first kappa shape index (κ1) is 16.7. The fourth-order valence-electron chi connectivity index (χ4n) is 2.81. The molecule has 1 heterocycles. The summed E-state index contributed by atoms with van der Waals surface area (Å²) < 4.78 is 1.32. The second kappa shape index (κ2) is 6.88. The maximum absolute atomic E-state index is 13.0. The zero-order valence-corrected chi connectivity index (χ0v) is 14.7. The van der Waals surface area contributed by atoms with Crippen molar-refractivity contribution in [2.24, 2.45) is 5.10 Å². The van der Waals surface area contributed by atoms with E-state index in [4.69, 9.17) is 0 Å². The molecule has 0 bridgehead atoms. The summed E-state index contributed by atoms with van der Waals surface area (Å²) in [6.07, 6.45) is 1.58. The van der Waals surface area contributed by atoms with Crippen molar-refractivity contribution in [3.8, 4) is 17.1 Å². The number of aryl methyl sites for hydroxylation is 1. The van der Waals surface area contributed by atoms with Crippen LogP contribution in [-0.4, -0.2) is 21.0 Å². The van der Waals surface area contributed by atoms with E-state index in [0.717, 1.165) is 16.7 Å². The van der Waals surface area contributed by atoms with Crippen LogP contribution in [0.25, 0.3) is 22.3 Å². The molecule has 0 aliphatic carbocycles. The molecule has 0 radical (unpaired) electrons. The number of para-hydroxylation sites is 1. The van der Waals surface area contributed by atoms with Crippen LogP contribution >= 0.6 is 0 Å². The van der Waals surface area contributed by atoms with Crippen molar-refractivity contribution in [1.82, 2.24) is 9.66 Å². The fraction of sp³-hybridized carbons (Fsp3) is 0.0455. The van der Waals surface area contributed by atoms with Crippen molar-refractivity contribution < 1.29 is 5.11 Å². The summed E-state index contributed by atoms with van der Waals surface area (Å²) in [5, 5.41) is 14.3. The number of nitrogens with zero attached hydrogens (tertiary/aromatic N) is 3. The van der Waals surface area contributed by atoms with Gasteiger partial charge in [0.15, 0.2) is 5.82 Å². The van der Waals surface area contributed by atoms with Gasteiger partial charge in [-0.2, -0.15) is 9.78 Å². The van der Waals surface area contributed by atoms with Crippen LogP contribution in [0.2, 0.25) is 0 Å². The number of benzene rings is 3. The Balaban J connectivity index is 1.92. The molecule has 0 aliphatic rings. The van der Waals surface area contributed by atoms with Gasteiger partial charge in [-0.15, -0.1) is 0 Å². The van der Waals surface area contributed by atoms with E-state index in [2.05, 4.69) is 10.1 Å². The van der Waals surface area contributed by atoms with Gasteiger partial charge in [0.2, 0.25) is 0 Å². The van der Waals surface area contributed by atoms with E-state index in [1.165, 1.54) is 4.68 Å². The number of aromatic nitrogens is 2. The van der Waals surface area contributed by atoms with Crippen LogP contribution in [0.4, 0.5) is 0 Å². The summed E-state index contributed by atoms with van der Waals surface area (Å²) >= 11 is 0. The van der Waals surface area contributed by atoms with E-state index in [-0.39, 0.29) is 11.3 Å². The number of phenolic OH excluding ortho intramolecular Hbond substituents is 1. The topological polar surface area (TPSA) is 67.5 Å². The Labute approximate surface area is 155 Å². The van der Waals surface area contributed by atoms with Crippen LogP contribution in [0.15, 0.2) is 82.7 Å². The van der Waals surface area contributed by atoms with E-state index in [9.17, 15) is 9.90 Å². The highest BCUT2D eigenvalue weighted by Crippen LogP contribution is 2.19. The minimum absolute atomic E-state index is 0.178. The summed E-state index contributed by atoms with van der Waals surface area (Å²) in [4.78, 5) is 17.7. The van der Waals surface area contributed by atoms with Gasteiger partial charge in [-0.3, -0.25) is 4.79 Å². The van der Waals surface area contributed by atoms with Gasteiger partial charge >= 0.3 is 0 Å². The third-order valence-corrected chi connectivity index (χ3v) is 4.28. The number of phenols is 1. The van der Waals surface area contributed by atoms with Gasteiger partial charge < -0.3 is 5.11 Å². The summed E-state index contributed by atoms with van der Waals surface area (Å²) in [5.74, 6) is 0.658. The lowest BCUT2D eigenvalue weighted by Gasteiger charge is -2.09. The standard InChI is InChI=1S/C22H17N3O2/c1-15-6-10-17(11-7-15)21-24-20-5-3-2-4-19(20)22(27)25(21)23-14-16-8-12-18(26)13-9-16/h2-14,26H,1H3/b23-14+. The van der Waals surface area contributed by atoms with Crippen LogP contribution in [-0.2, 0) is 0 Å². The summed E-state index contributed by atoms with van der Waals surface area (Å²) in [6.45, 7) is 2.01. The SMILES string of the molecule is Cc1ccc(-c2nc3ccccc3c(=O)n2/N=C/c2ccc(O)cc2)cc1. The number of hydrogen-bond donors (Lipinski definition) is 1. The van der Waals surface area contributed by atoms with E-state index in [1.54, 1.807) is 36.5 Å². The van der Waals surface area contributed by atoms with Gasteiger partial charge in [0.1, 0.15) is 5.75 Å². The smallest absolute Gasteiger partial charge is 0.282 e. The quantitative estimate of drug-likeness (QED) is 0.566. The highest BCUT2D eigenvalue weighted by atomic mass is 16.3. The molecule has 1 aromatic heterocycles. The molecule has 4 rings (SSSR count). The fourth-order valence-corrected chi connectivity index (χ4v) is 2.81. The summed E-state index contributed by atoms with van der Waals surface area (Å²) in [5.41, 5.74) is 3.11. The zero-order valence-electron chi connectivity index (χ0n) is 14.7. The Morgan fingerprint density at radius 2 is 1.67 bits per heavy atom. The average Bonchev–Trinajstić information content (AvgIpc) is 2.69. The molecule has 0 spiro atoms. The molecule has 0 fully saturated rings. The second-order valence-electron chi connectivity index (χ2n) is 6.27. The van der Waals surface area contributed by atoms with Crippen molar-refractivity contribution in [2.75, 3.05) is 0 Å². The average molecular weight is 355 g/mol. The number of rotatable bonds is 3. The molecule has 5 heteroatoms. The zero-order chi connectivity index (χ0) is 18.8. The molecule has 1 N–H and O–H groups in total. The minimum atomic E-state index is -0.230. The molecule has 0 unspecified atom stereocenters. The maximum atomic E-state index is 13.0. The van der Waals surface area contributed by atoms with Gasteiger partial charge in [0, 0.05) is 5.56 Å². The van der Waals surface area contributed by atoms with Gasteiger partial charge in [-0.05, 0) is 48.9 Å². The van der Waals surface area contributed by atoms with Crippen LogP contribution in [0.3, 0.4) is 0 Å². The van der Waals surface area contributed by atoms with Gasteiger partial charge in [0.05, 0.1) is 17.1 Å². The summed E-state index contributed by atoms with van der Waals surface area (Å²) in [6, 6.07) is 21.6. The molecule has 0 saturated heterocycles. The first-order valence-corrected chi connectivity index (χ1v) is 8.54. The number of aromatic hydroxyl groups is 1. The van der Waals surface area contributed by atoms with E-state index in [1.807, 2.05) is 49.4 Å². The second-order valence-corrected chi connectivity index (χ2v) is 6.27. The van der Waals surface area contributed by atoms with Crippen LogP contribution in [0.5, 0.6) is 5.75 Å². The van der Waals surface area contributed by atoms with Crippen molar-refractivity contribution in [3.05, 3.63) is 94.3 Å². The first-order chi connectivity index (χ1) is 13.1. The predicted molar refractivity (Wildman–Crippen MR) is 107 cm³/mol. The Morgan fingerprint density at radius 1 is 0.963 bits per heavy atom. The molecule has 132 valence electrons. The van der Waals surface area contributed by atoms with Crippen LogP contribution in [0.1, 0.15) is 11.1 Å². The van der Waals surface area contributed by atoms with Crippen molar-refractivity contribution >= 4 is 17.1 Å². The first-order valence-electron chi connectivity index (χ1n) is 8.54. The van der Waals surface area contributed by atoms with E-state index < -0.39 is 0 Å². The molecule has 3 aromatic carbocycles. The molecule has 4 aromatic rings. The Kier molecular flexibility index (Phi) is 4.26. The third-order valence-electron chi connectivity index (χ3n) is 4.28. The normalized spacial score (nSPS) is 11.3. The summed E-state index contributed by atoms with van der Waals surface area (Å²) in [7, 11) is 0. The van der Waals surface area contributed by atoms with Crippen molar-refractivity contribution in [2.45, 2.75) is 6.92 Å². The molecule has 5 nitrogen and oxygen atoms in total. The van der Waals surface area contributed by atoms with Crippen LogP contribution < -0.4 is 5.56 Å². The Bertz CT molecular complexity index is 1190. The lowest BCUT2D eigenvalue weighted by Crippen LogP contribution is -2.20. The molecule has 0 amide bonds. The third kappa shape index (κ3) is 3.35. The van der Waals surface area contributed by atoms with Gasteiger partial charge in [-0.25, -0.2) is 4.98 Å². The minimum Gasteiger partial charge on any atom is -0.508 e. The monoisotopic (exact) mass is 355 g/mol. The van der Waals surface area contributed by atoms with Crippen molar-refractivity contribution in [1.29, 1.82) is 0 Å². The predicted octanol–water partition coefficient (Wildman–Crippen LogP) is 3.96. The molecule has 0 atom stereocenters. The van der Waals surface area contributed by atoms with Crippen LogP contribution in [0, 0.1) is 6.92 Å². The number of fused-ring (bicyclic) bond motifs is 1. The van der Waals surface area contributed by atoms with E-state index in [0.29, 0.717) is 16.7 Å². The lowest BCUT2D eigenvalue weighted by atomic mass is 10.1. The number of hydrogen-bond acceptors (Lipinski definition) is 4. The molecule has 27 heavy (non-hydrogen) atoms. The lowest BCUT2D eigenvalue weighted by molar-refractivity contribution is 0.475. The molecular formula is C22H17N3O2. The molecular weight excluding hydrogens is 338 g/mol. The highest BCUT2D eigenvalue weighted by molar-refractivity contribution is 5.82. The Hall–Kier alpha value is -3.73. The highest BCUT2D eigenvalue weighted by Gasteiger charge is 2.12. The Morgan fingerprint density at radius 3 is 2.41 bits per heavy atom. The largest absolute Gasteiger partial charge is 0.508 e. The van der Waals surface area contributed by atoms with Crippen molar-refractivity contribution in [3.63, 3.8) is 0 Å². The van der Waals surface area contributed by atoms with E-state index >= 15 is 0 Å². The molecule has 0 saturated carbocycles. The molecule has 0 aliphatic heterocycles. The van der Waals surface area contributed by atoms with Gasteiger partial charge in [0.25, 0.3) is 5.56 Å². The maximum Gasteiger partial charge on any atom is 0.282 e. The van der Waals surface area contributed by atoms with Gasteiger partial charge in [-0.1, -0.05) is 42.0 Å².